The minimum atomic E-state index is 0.401. The molecule has 1 aromatic rings. The third-order valence-corrected chi connectivity index (χ3v) is 2.56. The third-order valence-electron chi connectivity index (χ3n) is 2.56. The van der Waals surface area contributed by atoms with Gasteiger partial charge in [0.05, 0.1) is 0 Å². The first-order chi connectivity index (χ1) is 7.13. The molecular weight excluding hydrogens is 188 g/mol. The van der Waals surface area contributed by atoms with Crippen LogP contribution in [-0.2, 0) is 6.42 Å². The molecule has 0 amide bonds. The Kier molecular flexibility index (Phi) is 4.56. The fraction of sp³-hybridized carbons (Fsp3) is 0.583. The summed E-state index contributed by atoms with van der Waals surface area (Å²) < 4.78 is 5.58. The van der Waals surface area contributed by atoms with Crippen LogP contribution >= 0.6 is 0 Å². The summed E-state index contributed by atoms with van der Waals surface area (Å²) in [5.74, 6) is 0.709. The largest absolute Gasteiger partial charge is 0.476 e. The summed E-state index contributed by atoms with van der Waals surface area (Å²) in [6, 6.07) is 4.39. The number of rotatable bonds is 5. The lowest BCUT2D eigenvalue weighted by Crippen LogP contribution is -2.30. The summed E-state index contributed by atoms with van der Waals surface area (Å²) >= 11 is 0. The van der Waals surface area contributed by atoms with E-state index in [0.29, 0.717) is 18.5 Å². The van der Waals surface area contributed by atoms with Crippen LogP contribution in [0.15, 0.2) is 18.3 Å². The van der Waals surface area contributed by atoms with E-state index in [0.717, 1.165) is 6.42 Å². The van der Waals surface area contributed by atoms with Crippen molar-refractivity contribution in [2.75, 3.05) is 20.7 Å². The molecule has 84 valence electrons. The molecule has 1 heterocycles. The van der Waals surface area contributed by atoms with Gasteiger partial charge in [-0.15, -0.1) is 0 Å². The molecule has 0 aromatic carbocycles. The minimum absolute atomic E-state index is 0.401. The number of hydrogen-bond acceptors (Lipinski definition) is 3. The van der Waals surface area contributed by atoms with Crippen LogP contribution in [0.4, 0.5) is 0 Å². The molecule has 3 heteroatoms. The van der Waals surface area contributed by atoms with Crippen LogP contribution < -0.4 is 4.74 Å². The van der Waals surface area contributed by atoms with E-state index in [-0.39, 0.29) is 0 Å². The predicted octanol–water partition coefficient (Wildman–Crippen LogP) is 1.97. The lowest BCUT2D eigenvalue weighted by molar-refractivity contribution is 0.193. The van der Waals surface area contributed by atoms with Gasteiger partial charge in [0.25, 0.3) is 0 Å². The topological polar surface area (TPSA) is 25.4 Å². The SMILES string of the molecule is CCc1ccc(OCC(C)N(C)C)nc1. The molecule has 0 saturated carbocycles. The summed E-state index contributed by atoms with van der Waals surface area (Å²) in [6.07, 6.45) is 2.89. The van der Waals surface area contributed by atoms with Gasteiger partial charge in [0.1, 0.15) is 6.61 Å². The molecule has 1 atom stereocenters. The molecule has 1 rings (SSSR count). The average Bonchev–Trinajstić information content (AvgIpc) is 2.26. The first-order valence-electron chi connectivity index (χ1n) is 5.37. The summed E-state index contributed by atoms with van der Waals surface area (Å²) in [7, 11) is 4.09. The molecule has 0 fully saturated rings. The fourth-order valence-electron chi connectivity index (χ4n) is 1.06. The Morgan fingerprint density at radius 2 is 2.13 bits per heavy atom. The van der Waals surface area contributed by atoms with E-state index in [1.165, 1.54) is 5.56 Å². The maximum Gasteiger partial charge on any atom is 0.213 e. The molecule has 3 nitrogen and oxygen atoms in total. The molecular formula is C12H20N2O. The van der Waals surface area contributed by atoms with Crippen LogP contribution in [0.3, 0.4) is 0 Å². The van der Waals surface area contributed by atoms with E-state index in [2.05, 4.69) is 29.8 Å². The van der Waals surface area contributed by atoms with Crippen LogP contribution in [0.25, 0.3) is 0 Å². The second-order valence-electron chi connectivity index (χ2n) is 3.98. The first kappa shape index (κ1) is 12.0. The van der Waals surface area contributed by atoms with Crippen LogP contribution in [0.1, 0.15) is 19.4 Å². The van der Waals surface area contributed by atoms with Gasteiger partial charge in [-0.3, -0.25) is 0 Å². The van der Waals surface area contributed by atoms with E-state index < -0.39 is 0 Å². The number of aryl methyl sites for hydroxylation is 1. The Bertz CT molecular complexity index is 282. The number of pyridine rings is 1. The first-order valence-corrected chi connectivity index (χ1v) is 5.37. The van der Waals surface area contributed by atoms with Gasteiger partial charge in [-0.1, -0.05) is 13.0 Å². The molecule has 0 aliphatic rings. The lowest BCUT2D eigenvalue weighted by atomic mass is 10.2. The lowest BCUT2D eigenvalue weighted by Gasteiger charge is -2.19. The maximum atomic E-state index is 5.58. The number of ether oxygens (including phenoxy) is 1. The highest BCUT2D eigenvalue weighted by atomic mass is 16.5. The number of nitrogens with zero attached hydrogens (tertiary/aromatic N) is 2. The molecule has 0 bridgehead atoms. The van der Waals surface area contributed by atoms with E-state index in [1.54, 1.807) is 0 Å². The molecule has 15 heavy (non-hydrogen) atoms. The Hall–Kier alpha value is -1.09. The third kappa shape index (κ3) is 3.88. The molecule has 0 radical (unpaired) electrons. The van der Waals surface area contributed by atoms with Gasteiger partial charge in [-0.05, 0) is 33.0 Å². The monoisotopic (exact) mass is 208 g/mol. The van der Waals surface area contributed by atoms with Crippen molar-refractivity contribution < 1.29 is 4.74 Å². The molecule has 0 saturated heterocycles. The zero-order chi connectivity index (χ0) is 11.3. The molecule has 0 spiro atoms. The normalized spacial score (nSPS) is 12.9. The van der Waals surface area contributed by atoms with Crippen molar-refractivity contribution in [3.63, 3.8) is 0 Å². The summed E-state index contributed by atoms with van der Waals surface area (Å²) in [6.45, 7) is 4.91. The van der Waals surface area contributed by atoms with Crippen molar-refractivity contribution in [3.8, 4) is 5.88 Å². The van der Waals surface area contributed by atoms with Gasteiger partial charge >= 0.3 is 0 Å². The van der Waals surface area contributed by atoms with Gasteiger partial charge in [0.15, 0.2) is 0 Å². The van der Waals surface area contributed by atoms with Crippen molar-refractivity contribution in [2.24, 2.45) is 0 Å². The highest BCUT2D eigenvalue weighted by Gasteiger charge is 2.05. The second kappa shape index (κ2) is 5.71. The maximum absolute atomic E-state index is 5.58. The summed E-state index contributed by atoms with van der Waals surface area (Å²) in [4.78, 5) is 6.37. The van der Waals surface area contributed by atoms with Gasteiger partial charge in [0, 0.05) is 18.3 Å². The van der Waals surface area contributed by atoms with Crippen molar-refractivity contribution in [2.45, 2.75) is 26.3 Å². The van der Waals surface area contributed by atoms with Gasteiger partial charge in [0.2, 0.25) is 5.88 Å². The van der Waals surface area contributed by atoms with E-state index in [1.807, 2.05) is 26.4 Å². The van der Waals surface area contributed by atoms with Gasteiger partial charge in [-0.2, -0.15) is 0 Å². The molecule has 1 aromatic heterocycles. The van der Waals surface area contributed by atoms with Crippen LogP contribution in [0.5, 0.6) is 5.88 Å². The minimum Gasteiger partial charge on any atom is -0.476 e. The summed E-state index contributed by atoms with van der Waals surface area (Å²) in [5, 5.41) is 0. The highest BCUT2D eigenvalue weighted by Crippen LogP contribution is 2.08. The molecule has 0 aliphatic carbocycles. The van der Waals surface area contributed by atoms with Gasteiger partial charge < -0.3 is 9.64 Å². The van der Waals surface area contributed by atoms with E-state index in [4.69, 9.17) is 4.74 Å². The smallest absolute Gasteiger partial charge is 0.213 e. The summed E-state index contributed by atoms with van der Waals surface area (Å²) in [5.41, 5.74) is 1.24. The Morgan fingerprint density at radius 1 is 1.40 bits per heavy atom. The standard InChI is InChI=1S/C12H20N2O/c1-5-11-6-7-12(13-8-11)15-9-10(2)14(3)4/h6-8,10H,5,9H2,1-4H3. The zero-order valence-electron chi connectivity index (χ0n) is 10.0. The quantitative estimate of drug-likeness (QED) is 0.739. The Labute approximate surface area is 92.1 Å². The number of likely N-dealkylation sites (N-methyl/N-ethyl adjacent to an activating group) is 1. The molecule has 0 aliphatic heterocycles. The number of hydrogen-bond donors (Lipinski definition) is 0. The van der Waals surface area contributed by atoms with E-state index in [9.17, 15) is 0 Å². The predicted molar refractivity (Wildman–Crippen MR) is 62.3 cm³/mol. The fourth-order valence-corrected chi connectivity index (χ4v) is 1.06. The van der Waals surface area contributed by atoms with Gasteiger partial charge in [-0.25, -0.2) is 4.98 Å². The second-order valence-corrected chi connectivity index (χ2v) is 3.98. The molecule has 1 unspecified atom stereocenters. The molecule has 0 N–H and O–H groups in total. The van der Waals surface area contributed by atoms with Crippen molar-refractivity contribution >= 4 is 0 Å². The Morgan fingerprint density at radius 3 is 2.60 bits per heavy atom. The highest BCUT2D eigenvalue weighted by molar-refractivity contribution is 5.17. The zero-order valence-corrected chi connectivity index (χ0v) is 10.0. The van der Waals surface area contributed by atoms with Crippen molar-refractivity contribution in [1.29, 1.82) is 0 Å². The van der Waals surface area contributed by atoms with Crippen molar-refractivity contribution in [3.05, 3.63) is 23.9 Å². The Balaban J connectivity index is 2.44. The average molecular weight is 208 g/mol. The van der Waals surface area contributed by atoms with Crippen LogP contribution in [-0.4, -0.2) is 36.6 Å². The van der Waals surface area contributed by atoms with Crippen molar-refractivity contribution in [1.82, 2.24) is 9.88 Å². The number of aromatic nitrogens is 1. The van der Waals surface area contributed by atoms with Crippen LogP contribution in [0.2, 0.25) is 0 Å². The van der Waals surface area contributed by atoms with Crippen LogP contribution in [0, 0.1) is 0 Å². The van der Waals surface area contributed by atoms with E-state index >= 15 is 0 Å².